The first-order chi connectivity index (χ1) is 5.29. The van der Waals surface area contributed by atoms with Crippen LogP contribution in [0.4, 0.5) is 0 Å². The predicted octanol–water partition coefficient (Wildman–Crippen LogP) is 1.02. The van der Waals surface area contributed by atoms with Crippen LogP contribution in [-0.2, 0) is 0 Å². The largest absolute Gasteiger partial charge is 0.298 e. The van der Waals surface area contributed by atoms with E-state index in [-0.39, 0.29) is 0 Å². The molecule has 0 saturated carbocycles. The molecule has 0 aliphatic carbocycles. The van der Waals surface area contributed by atoms with Gasteiger partial charge in [0.2, 0.25) is 0 Å². The van der Waals surface area contributed by atoms with Gasteiger partial charge in [0.25, 0.3) is 0 Å². The molecular formula is C8H7NO2. The maximum atomic E-state index is 10.3. The number of aromatic nitrogens is 1. The maximum Gasteiger partial charge on any atom is 0.151 e. The number of aldehydes is 2. The van der Waals surface area contributed by atoms with Gasteiger partial charge < -0.3 is 0 Å². The van der Waals surface area contributed by atoms with Crippen molar-refractivity contribution in [1.29, 1.82) is 0 Å². The van der Waals surface area contributed by atoms with Crippen LogP contribution in [0.1, 0.15) is 26.3 Å². The van der Waals surface area contributed by atoms with Gasteiger partial charge in [-0.2, -0.15) is 0 Å². The number of hydrogen-bond donors (Lipinski definition) is 0. The van der Waals surface area contributed by atoms with Crippen molar-refractivity contribution in [3.05, 3.63) is 29.1 Å². The van der Waals surface area contributed by atoms with Gasteiger partial charge >= 0.3 is 0 Å². The molecule has 3 heteroatoms. The lowest BCUT2D eigenvalue weighted by Crippen LogP contribution is -1.94. The van der Waals surface area contributed by atoms with Gasteiger partial charge in [-0.25, -0.2) is 0 Å². The summed E-state index contributed by atoms with van der Waals surface area (Å²) in [4.78, 5) is 24.4. The molecule has 1 heterocycles. The first-order valence-corrected chi connectivity index (χ1v) is 3.14. The zero-order valence-electron chi connectivity index (χ0n) is 6.07. The first kappa shape index (κ1) is 7.60. The Hall–Kier alpha value is -1.51. The molecule has 11 heavy (non-hydrogen) atoms. The van der Waals surface area contributed by atoms with Gasteiger partial charge in [0, 0.05) is 23.5 Å². The van der Waals surface area contributed by atoms with Crippen LogP contribution in [0.15, 0.2) is 12.4 Å². The fourth-order valence-electron chi connectivity index (χ4n) is 0.796. The number of pyridine rings is 1. The van der Waals surface area contributed by atoms with Crippen LogP contribution < -0.4 is 0 Å². The Bertz CT molecular complexity index is 268. The zero-order chi connectivity index (χ0) is 8.27. The molecule has 0 spiro atoms. The van der Waals surface area contributed by atoms with Crippen LogP contribution in [-0.4, -0.2) is 17.6 Å². The average molecular weight is 149 g/mol. The van der Waals surface area contributed by atoms with Crippen molar-refractivity contribution in [2.45, 2.75) is 6.92 Å². The van der Waals surface area contributed by atoms with Crippen molar-refractivity contribution in [2.24, 2.45) is 0 Å². The Balaban J connectivity index is 3.30. The highest BCUT2D eigenvalue weighted by Gasteiger charge is 2.01. The fraction of sp³-hybridized carbons (Fsp3) is 0.125. The van der Waals surface area contributed by atoms with E-state index in [0.29, 0.717) is 29.3 Å². The van der Waals surface area contributed by atoms with Gasteiger partial charge in [0.15, 0.2) is 12.6 Å². The highest BCUT2D eigenvalue weighted by molar-refractivity contribution is 5.84. The van der Waals surface area contributed by atoms with E-state index in [0.717, 1.165) is 0 Å². The Kier molecular flexibility index (Phi) is 2.11. The molecule has 0 radical (unpaired) electrons. The lowest BCUT2D eigenvalue weighted by atomic mass is 10.1. The summed E-state index contributed by atoms with van der Waals surface area (Å²) < 4.78 is 0. The van der Waals surface area contributed by atoms with Crippen molar-refractivity contribution >= 4 is 12.6 Å². The van der Waals surface area contributed by atoms with Crippen LogP contribution in [0.25, 0.3) is 0 Å². The Labute approximate surface area is 64.1 Å². The van der Waals surface area contributed by atoms with Gasteiger partial charge in [0.1, 0.15) is 0 Å². The van der Waals surface area contributed by atoms with Crippen molar-refractivity contribution in [1.82, 2.24) is 4.98 Å². The first-order valence-electron chi connectivity index (χ1n) is 3.14. The monoisotopic (exact) mass is 149 g/mol. The van der Waals surface area contributed by atoms with E-state index < -0.39 is 0 Å². The lowest BCUT2D eigenvalue weighted by Gasteiger charge is -1.98. The van der Waals surface area contributed by atoms with E-state index in [4.69, 9.17) is 0 Å². The molecule has 0 saturated heterocycles. The molecule has 0 fully saturated rings. The Morgan fingerprint density at radius 2 is 1.64 bits per heavy atom. The van der Waals surface area contributed by atoms with Gasteiger partial charge in [-0.15, -0.1) is 0 Å². The number of hydrogen-bond acceptors (Lipinski definition) is 3. The molecule has 1 aromatic rings. The number of rotatable bonds is 2. The third kappa shape index (κ3) is 1.32. The van der Waals surface area contributed by atoms with Gasteiger partial charge in [-0.3, -0.25) is 14.6 Å². The van der Waals surface area contributed by atoms with Crippen LogP contribution >= 0.6 is 0 Å². The second-order valence-electron chi connectivity index (χ2n) is 2.18. The highest BCUT2D eigenvalue weighted by atomic mass is 16.1. The minimum Gasteiger partial charge on any atom is -0.298 e. The summed E-state index contributed by atoms with van der Waals surface area (Å²) in [5, 5.41) is 0. The van der Waals surface area contributed by atoms with Crippen LogP contribution in [0.3, 0.4) is 0 Å². The molecule has 1 aromatic heterocycles. The zero-order valence-corrected chi connectivity index (χ0v) is 6.07. The molecule has 56 valence electrons. The van der Waals surface area contributed by atoms with Crippen molar-refractivity contribution in [2.75, 3.05) is 0 Å². The fourth-order valence-corrected chi connectivity index (χ4v) is 0.796. The number of carbonyl (C=O) groups is 2. The Morgan fingerprint density at radius 1 is 1.18 bits per heavy atom. The summed E-state index contributed by atoms with van der Waals surface area (Å²) in [6, 6.07) is 0. The summed E-state index contributed by atoms with van der Waals surface area (Å²) >= 11 is 0. The second-order valence-corrected chi connectivity index (χ2v) is 2.18. The summed E-state index contributed by atoms with van der Waals surface area (Å²) in [5.41, 5.74) is 1.62. The molecule has 0 aliphatic heterocycles. The highest BCUT2D eigenvalue weighted by Crippen LogP contribution is 2.06. The molecule has 0 N–H and O–H groups in total. The third-order valence-electron chi connectivity index (χ3n) is 1.55. The molecule has 3 nitrogen and oxygen atoms in total. The molecular weight excluding hydrogens is 142 g/mol. The van der Waals surface area contributed by atoms with Gasteiger partial charge in [0.05, 0.1) is 0 Å². The molecule has 0 unspecified atom stereocenters. The van der Waals surface area contributed by atoms with Crippen LogP contribution in [0.5, 0.6) is 0 Å². The van der Waals surface area contributed by atoms with E-state index >= 15 is 0 Å². The maximum absolute atomic E-state index is 10.3. The summed E-state index contributed by atoms with van der Waals surface area (Å²) in [7, 11) is 0. The van der Waals surface area contributed by atoms with E-state index in [9.17, 15) is 9.59 Å². The summed E-state index contributed by atoms with van der Waals surface area (Å²) in [6.45, 7) is 1.72. The number of carbonyl (C=O) groups excluding carboxylic acids is 2. The van der Waals surface area contributed by atoms with E-state index in [1.807, 2.05) is 0 Å². The van der Waals surface area contributed by atoms with Crippen LogP contribution in [0.2, 0.25) is 0 Å². The molecule has 0 atom stereocenters. The quantitative estimate of drug-likeness (QED) is 0.589. The molecule has 0 bridgehead atoms. The minimum absolute atomic E-state index is 0.467. The third-order valence-corrected chi connectivity index (χ3v) is 1.55. The molecule has 1 rings (SSSR count). The minimum atomic E-state index is 0.467. The van der Waals surface area contributed by atoms with Crippen molar-refractivity contribution < 1.29 is 9.59 Å². The standard InChI is InChI=1S/C8H7NO2/c1-6-7(4-10)2-9-3-8(6)5-11/h2-5H,1H3. The molecule has 0 aromatic carbocycles. The van der Waals surface area contributed by atoms with E-state index in [2.05, 4.69) is 4.98 Å². The normalized spacial score (nSPS) is 9.18. The SMILES string of the molecule is Cc1c(C=O)cncc1C=O. The van der Waals surface area contributed by atoms with Crippen molar-refractivity contribution in [3.63, 3.8) is 0 Å². The summed E-state index contributed by atoms with van der Waals surface area (Å²) in [6.07, 6.45) is 4.26. The average Bonchev–Trinajstić information content (AvgIpc) is 2.05. The summed E-state index contributed by atoms with van der Waals surface area (Å²) in [5.74, 6) is 0. The smallest absolute Gasteiger partial charge is 0.151 e. The molecule has 0 aliphatic rings. The van der Waals surface area contributed by atoms with Gasteiger partial charge in [-0.05, 0) is 12.5 Å². The predicted molar refractivity (Wildman–Crippen MR) is 39.7 cm³/mol. The van der Waals surface area contributed by atoms with E-state index in [1.165, 1.54) is 12.4 Å². The lowest BCUT2D eigenvalue weighted by molar-refractivity contribution is 0.112. The second kappa shape index (κ2) is 3.05. The van der Waals surface area contributed by atoms with E-state index in [1.54, 1.807) is 6.92 Å². The topological polar surface area (TPSA) is 47.0 Å². The van der Waals surface area contributed by atoms with Crippen LogP contribution in [0, 0.1) is 6.92 Å². The molecule has 0 amide bonds. The number of nitrogens with zero attached hydrogens (tertiary/aromatic N) is 1. The Morgan fingerprint density at radius 3 is 2.00 bits per heavy atom. The van der Waals surface area contributed by atoms with Gasteiger partial charge in [-0.1, -0.05) is 0 Å². The van der Waals surface area contributed by atoms with Crippen molar-refractivity contribution in [3.8, 4) is 0 Å².